The van der Waals surface area contributed by atoms with Gasteiger partial charge in [-0.05, 0) is 49.2 Å². The number of furan rings is 1. The lowest BCUT2D eigenvalue weighted by molar-refractivity contribution is 0.0507. The van der Waals surface area contributed by atoms with E-state index in [2.05, 4.69) is 5.32 Å². The Morgan fingerprint density at radius 2 is 1.79 bits per heavy atom. The molecule has 0 fully saturated rings. The van der Waals surface area contributed by atoms with E-state index in [0.717, 1.165) is 11.1 Å². The number of carbonyl (C=O) groups excluding carboxylic acids is 2. The molecule has 1 unspecified atom stereocenters. The van der Waals surface area contributed by atoms with Crippen molar-refractivity contribution in [1.29, 1.82) is 0 Å². The van der Waals surface area contributed by atoms with E-state index >= 15 is 0 Å². The number of ether oxygens (including phenoxy) is 1. The number of amides is 1. The Hall–Kier alpha value is -3.57. The molecule has 0 saturated heterocycles. The third kappa shape index (κ3) is 3.79. The van der Waals surface area contributed by atoms with Gasteiger partial charge in [0, 0.05) is 22.5 Å². The highest BCUT2D eigenvalue weighted by Crippen LogP contribution is 2.44. The van der Waals surface area contributed by atoms with Crippen LogP contribution in [-0.4, -0.2) is 11.7 Å². The second kappa shape index (κ2) is 8.09. The van der Waals surface area contributed by atoms with Crippen molar-refractivity contribution in [3.05, 3.63) is 99.8 Å². The summed E-state index contributed by atoms with van der Waals surface area (Å²) in [7, 11) is 0. The van der Waals surface area contributed by atoms with Crippen LogP contribution >= 0.6 is 11.6 Å². The van der Waals surface area contributed by atoms with Crippen molar-refractivity contribution in [3.8, 4) is 5.75 Å². The van der Waals surface area contributed by atoms with E-state index in [4.69, 9.17) is 20.8 Å². The molecule has 0 aliphatic carbocycles. The van der Waals surface area contributed by atoms with Gasteiger partial charge in [0.1, 0.15) is 16.9 Å². The number of hydrogen-bond donors (Lipinski definition) is 1. The Labute approximate surface area is 196 Å². The van der Waals surface area contributed by atoms with E-state index in [9.17, 15) is 9.59 Å². The van der Waals surface area contributed by atoms with Gasteiger partial charge in [-0.2, -0.15) is 0 Å². The van der Waals surface area contributed by atoms with Gasteiger partial charge in [0.25, 0.3) is 5.91 Å². The lowest BCUT2D eigenvalue weighted by Gasteiger charge is -2.35. The number of carbonyl (C=O) groups is 2. The Bertz CT molecular complexity index is 1380. The second-order valence-corrected chi connectivity index (χ2v) is 8.91. The fourth-order valence-corrected chi connectivity index (χ4v) is 4.52. The van der Waals surface area contributed by atoms with Gasteiger partial charge in [-0.1, -0.05) is 54.1 Å². The number of benzene rings is 3. The summed E-state index contributed by atoms with van der Waals surface area (Å²) < 4.78 is 12.2. The summed E-state index contributed by atoms with van der Waals surface area (Å²) in [5, 5.41) is 4.14. The molecule has 0 bridgehead atoms. The number of halogens is 1. The Balaban J connectivity index is 1.49. The third-order valence-corrected chi connectivity index (χ3v) is 6.38. The molecule has 3 aromatic carbocycles. The maximum Gasteiger partial charge on any atom is 0.287 e. The van der Waals surface area contributed by atoms with Crippen LogP contribution in [0.25, 0.3) is 11.0 Å². The molecular weight excluding hydrogens is 438 g/mol. The standard InChI is InChI=1S/C27H22ClNO4/c1-16-23-21(32-25(16)26(31)29-15-17-6-4-3-5-7-17)12-13-22-24(23)20(30)14-27(2,33-22)18-8-10-19(28)11-9-18/h3-13H,14-15H2,1-2H3,(H,29,31). The molecule has 1 atom stereocenters. The van der Waals surface area contributed by atoms with Gasteiger partial charge in [-0.3, -0.25) is 9.59 Å². The highest BCUT2D eigenvalue weighted by molar-refractivity contribution is 6.30. The van der Waals surface area contributed by atoms with Crippen molar-refractivity contribution >= 4 is 34.3 Å². The minimum absolute atomic E-state index is 0.0561. The summed E-state index contributed by atoms with van der Waals surface area (Å²) in [5.41, 5.74) is 2.62. The highest BCUT2D eigenvalue weighted by atomic mass is 35.5. The van der Waals surface area contributed by atoms with Gasteiger partial charge in [-0.25, -0.2) is 0 Å². The lowest BCUT2D eigenvalue weighted by Crippen LogP contribution is -2.36. The first-order valence-electron chi connectivity index (χ1n) is 10.7. The normalized spacial score (nSPS) is 17.5. The first-order valence-corrected chi connectivity index (χ1v) is 11.1. The minimum Gasteiger partial charge on any atom is -0.482 e. The maximum absolute atomic E-state index is 13.3. The summed E-state index contributed by atoms with van der Waals surface area (Å²) in [4.78, 5) is 26.2. The van der Waals surface area contributed by atoms with Crippen molar-refractivity contribution in [3.63, 3.8) is 0 Å². The third-order valence-electron chi connectivity index (χ3n) is 6.13. The van der Waals surface area contributed by atoms with Crippen molar-refractivity contribution in [1.82, 2.24) is 5.32 Å². The molecule has 166 valence electrons. The van der Waals surface area contributed by atoms with Crippen LogP contribution in [0.3, 0.4) is 0 Å². The monoisotopic (exact) mass is 459 g/mol. The maximum atomic E-state index is 13.3. The number of nitrogens with one attached hydrogen (secondary N) is 1. The van der Waals surface area contributed by atoms with Gasteiger partial charge in [0.2, 0.25) is 0 Å². The second-order valence-electron chi connectivity index (χ2n) is 8.48. The van der Waals surface area contributed by atoms with E-state index in [1.807, 2.05) is 49.4 Å². The number of Topliss-reactive ketones (excluding diaryl/α,β-unsaturated/α-hetero) is 1. The number of aryl methyl sites for hydroxylation is 1. The van der Waals surface area contributed by atoms with Crippen LogP contribution in [0.5, 0.6) is 5.75 Å². The molecule has 0 spiro atoms. The average molecular weight is 460 g/mol. The molecule has 1 aliphatic rings. The molecule has 4 aromatic rings. The number of rotatable bonds is 4. The van der Waals surface area contributed by atoms with E-state index in [0.29, 0.717) is 39.4 Å². The summed E-state index contributed by atoms with van der Waals surface area (Å²) in [6.45, 7) is 4.07. The van der Waals surface area contributed by atoms with Gasteiger partial charge < -0.3 is 14.5 Å². The molecule has 1 amide bonds. The Morgan fingerprint density at radius 3 is 2.52 bits per heavy atom. The Morgan fingerprint density at radius 1 is 1.06 bits per heavy atom. The zero-order chi connectivity index (χ0) is 23.2. The van der Waals surface area contributed by atoms with Crippen LogP contribution in [0.1, 0.15) is 50.9 Å². The van der Waals surface area contributed by atoms with Gasteiger partial charge >= 0.3 is 0 Å². The average Bonchev–Trinajstić information content (AvgIpc) is 3.15. The Kier molecular flexibility index (Phi) is 5.22. The quantitative estimate of drug-likeness (QED) is 0.394. The van der Waals surface area contributed by atoms with Gasteiger partial charge in [0.15, 0.2) is 11.5 Å². The topological polar surface area (TPSA) is 68.5 Å². The molecule has 33 heavy (non-hydrogen) atoms. The number of hydrogen-bond acceptors (Lipinski definition) is 4. The van der Waals surface area contributed by atoms with Crippen molar-refractivity contribution < 1.29 is 18.7 Å². The SMILES string of the molecule is Cc1c(C(=O)NCc2ccccc2)oc2ccc3c(c12)C(=O)CC(C)(c1ccc(Cl)cc1)O3. The molecule has 0 radical (unpaired) electrons. The summed E-state index contributed by atoms with van der Waals surface area (Å²) >= 11 is 6.02. The summed E-state index contributed by atoms with van der Waals surface area (Å²) in [6, 6.07) is 20.4. The minimum atomic E-state index is -0.810. The van der Waals surface area contributed by atoms with E-state index in [1.54, 1.807) is 31.2 Å². The fraction of sp³-hybridized carbons (Fsp3) is 0.185. The van der Waals surface area contributed by atoms with E-state index in [-0.39, 0.29) is 23.9 Å². The van der Waals surface area contributed by atoms with Gasteiger partial charge in [-0.15, -0.1) is 0 Å². The zero-order valence-electron chi connectivity index (χ0n) is 18.3. The first-order chi connectivity index (χ1) is 15.9. The largest absolute Gasteiger partial charge is 0.482 e. The molecule has 5 rings (SSSR count). The molecule has 5 nitrogen and oxygen atoms in total. The fourth-order valence-electron chi connectivity index (χ4n) is 4.40. The van der Waals surface area contributed by atoms with Crippen LogP contribution < -0.4 is 10.1 Å². The summed E-state index contributed by atoms with van der Waals surface area (Å²) in [6.07, 6.45) is 0.168. The van der Waals surface area contributed by atoms with Crippen molar-refractivity contribution in [2.45, 2.75) is 32.4 Å². The molecule has 1 aliphatic heterocycles. The molecule has 1 N–H and O–H groups in total. The van der Waals surface area contributed by atoms with Gasteiger partial charge in [0.05, 0.1) is 12.0 Å². The lowest BCUT2D eigenvalue weighted by atomic mass is 9.84. The van der Waals surface area contributed by atoms with Crippen LogP contribution in [0.4, 0.5) is 0 Å². The zero-order valence-corrected chi connectivity index (χ0v) is 19.0. The van der Waals surface area contributed by atoms with Crippen molar-refractivity contribution in [2.75, 3.05) is 0 Å². The number of ketones is 1. The molecule has 1 aromatic heterocycles. The predicted octanol–water partition coefficient (Wildman–Crippen LogP) is 6.21. The number of fused-ring (bicyclic) bond motifs is 3. The van der Waals surface area contributed by atoms with Crippen LogP contribution in [0.15, 0.2) is 71.1 Å². The predicted molar refractivity (Wildman–Crippen MR) is 127 cm³/mol. The van der Waals surface area contributed by atoms with Crippen LogP contribution in [-0.2, 0) is 12.1 Å². The summed E-state index contributed by atoms with van der Waals surface area (Å²) in [5.74, 6) is 0.306. The molecular formula is C27H22ClNO4. The highest BCUT2D eigenvalue weighted by Gasteiger charge is 2.40. The molecule has 2 heterocycles. The van der Waals surface area contributed by atoms with Crippen LogP contribution in [0, 0.1) is 6.92 Å². The molecule has 6 heteroatoms. The van der Waals surface area contributed by atoms with Crippen LogP contribution in [0.2, 0.25) is 5.02 Å². The van der Waals surface area contributed by atoms with Crippen molar-refractivity contribution in [2.24, 2.45) is 0 Å². The smallest absolute Gasteiger partial charge is 0.287 e. The molecule has 0 saturated carbocycles. The van der Waals surface area contributed by atoms with E-state index in [1.165, 1.54) is 0 Å². The van der Waals surface area contributed by atoms with E-state index < -0.39 is 5.60 Å². The first kappa shape index (κ1) is 21.3.